The van der Waals surface area contributed by atoms with E-state index in [1.807, 2.05) is 0 Å². The molecule has 0 radical (unpaired) electrons. The Kier molecular flexibility index (Phi) is 8.17. The molecule has 1 aromatic heterocycles. The Morgan fingerprint density at radius 2 is 1.79 bits per heavy atom. The fourth-order valence-electron chi connectivity index (χ4n) is 4.10. The molecule has 2 aromatic carbocycles. The van der Waals surface area contributed by atoms with Gasteiger partial charge in [0.2, 0.25) is 0 Å². The molecule has 202 valence electrons. The lowest BCUT2D eigenvalue weighted by atomic mass is 9.96. The lowest BCUT2D eigenvalue weighted by Crippen LogP contribution is -2.51. The molecule has 1 fully saturated rings. The molecule has 1 saturated heterocycles. The van der Waals surface area contributed by atoms with Crippen molar-refractivity contribution < 1.29 is 32.2 Å². The monoisotopic (exact) mass is 567 g/mol. The first-order valence-corrected chi connectivity index (χ1v) is 13.0. The SMILES string of the molecule is CC(C)(Oc1ccccc1Cl)C(=O)N1CCC(c2nc(C(=O)Nc3cccc(OC(F)(F)F)c3)cs2)CC1. The van der Waals surface area contributed by atoms with Crippen LogP contribution in [0.15, 0.2) is 53.9 Å². The maximum absolute atomic E-state index is 13.2. The van der Waals surface area contributed by atoms with E-state index < -0.39 is 23.6 Å². The van der Waals surface area contributed by atoms with Crippen molar-refractivity contribution in [2.24, 2.45) is 0 Å². The van der Waals surface area contributed by atoms with Gasteiger partial charge in [-0.1, -0.05) is 29.8 Å². The summed E-state index contributed by atoms with van der Waals surface area (Å²) in [6, 6.07) is 12.0. The number of anilines is 1. The minimum atomic E-state index is -4.83. The number of likely N-dealkylation sites (tertiary alicyclic amines) is 1. The van der Waals surface area contributed by atoms with E-state index in [1.165, 1.54) is 23.5 Å². The number of piperidine rings is 1. The molecule has 1 aliphatic heterocycles. The van der Waals surface area contributed by atoms with E-state index >= 15 is 0 Å². The van der Waals surface area contributed by atoms with Gasteiger partial charge in [-0.05, 0) is 51.0 Å². The Labute approximate surface area is 226 Å². The molecule has 0 bridgehead atoms. The van der Waals surface area contributed by atoms with Crippen molar-refractivity contribution in [1.29, 1.82) is 0 Å². The van der Waals surface area contributed by atoms with Crippen molar-refractivity contribution in [1.82, 2.24) is 9.88 Å². The van der Waals surface area contributed by atoms with Crippen LogP contribution in [0.4, 0.5) is 18.9 Å². The highest BCUT2D eigenvalue weighted by Gasteiger charge is 2.37. The van der Waals surface area contributed by atoms with Crippen molar-refractivity contribution in [3.63, 3.8) is 0 Å². The molecule has 1 N–H and O–H groups in total. The van der Waals surface area contributed by atoms with Crippen LogP contribution in [0.5, 0.6) is 11.5 Å². The predicted octanol–water partition coefficient (Wildman–Crippen LogP) is 6.51. The van der Waals surface area contributed by atoms with Crippen LogP contribution in [-0.4, -0.2) is 46.8 Å². The lowest BCUT2D eigenvalue weighted by Gasteiger charge is -2.36. The number of halogens is 4. The first kappa shape index (κ1) is 27.7. The van der Waals surface area contributed by atoms with Gasteiger partial charge < -0.3 is 19.7 Å². The molecule has 7 nitrogen and oxygen atoms in total. The third-order valence-electron chi connectivity index (χ3n) is 5.93. The number of hydrogen-bond donors (Lipinski definition) is 1. The average molecular weight is 568 g/mol. The summed E-state index contributed by atoms with van der Waals surface area (Å²) in [6.45, 7) is 4.43. The van der Waals surface area contributed by atoms with Crippen LogP contribution in [0.1, 0.15) is 48.1 Å². The smallest absolute Gasteiger partial charge is 0.476 e. The first-order valence-electron chi connectivity index (χ1n) is 11.8. The van der Waals surface area contributed by atoms with Crippen LogP contribution in [0.3, 0.4) is 0 Å². The zero-order valence-electron chi connectivity index (χ0n) is 20.5. The molecule has 0 spiro atoms. The summed E-state index contributed by atoms with van der Waals surface area (Å²) in [5, 5.41) is 5.35. The maximum atomic E-state index is 13.2. The molecule has 38 heavy (non-hydrogen) atoms. The summed E-state index contributed by atoms with van der Waals surface area (Å²) in [6.07, 6.45) is -3.50. The average Bonchev–Trinajstić information content (AvgIpc) is 3.35. The van der Waals surface area contributed by atoms with Crippen molar-refractivity contribution >= 4 is 40.4 Å². The predicted molar refractivity (Wildman–Crippen MR) is 138 cm³/mol. The molecule has 3 aromatic rings. The van der Waals surface area contributed by atoms with Crippen molar-refractivity contribution in [2.75, 3.05) is 18.4 Å². The number of rotatable bonds is 7. The fraction of sp³-hybridized carbons (Fsp3) is 0.346. The Balaban J connectivity index is 1.33. The second-order valence-corrected chi connectivity index (χ2v) is 10.5. The second kappa shape index (κ2) is 11.2. The molecular formula is C26H25ClF3N3O4S. The number of thiazole rings is 1. The minimum absolute atomic E-state index is 0.0710. The number of amides is 2. The number of carbonyl (C=O) groups is 2. The summed E-state index contributed by atoms with van der Waals surface area (Å²) in [4.78, 5) is 32.0. The molecule has 2 amide bonds. The third kappa shape index (κ3) is 6.96. The van der Waals surface area contributed by atoms with E-state index in [9.17, 15) is 22.8 Å². The topological polar surface area (TPSA) is 80.8 Å². The number of alkyl halides is 3. The third-order valence-corrected chi connectivity index (χ3v) is 7.25. The van der Waals surface area contributed by atoms with E-state index in [4.69, 9.17) is 16.3 Å². The number of nitrogens with one attached hydrogen (secondary N) is 1. The van der Waals surface area contributed by atoms with Crippen LogP contribution in [0.25, 0.3) is 0 Å². The highest BCUT2D eigenvalue weighted by molar-refractivity contribution is 7.10. The molecule has 0 atom stereocenters. The van der Waals surface area contributed by atoms with Crippen molar-refractivity contribution in [2.45, 2.75) is 44.6 Å². The van der Waals surface area contributed by atoms with E-state index in [0.717, 1.165) is 17.1 Å². The standard InChI is InChI=1S/C26H25ClF3N3O4S/c1-25(2,37-21-9-4-3-8-19(21)27)24(35)33-12-10-16(11-13-33)23-32-20(15-38-23)22(34)31-17-6-5-7-18(14-17)36-26(28,29)30/h3-9,14-16H,10-13H2,1-2H3,(H,31,34). The van der Waals surface area contributed by atoms with Gasteiger partial charge in [0, 0.05) is 36.1 Å². The van der Waals surface area contributed by atoms with E-state index in [1.54, 1.807) is 48.4 Å². The number of para-hydroxylation sites is 1. The lowest BCUT2D eigenvalue weighted by molar-refractivity contribution is -0.274. The van der Waals surface area contributed by atoms with Crippen LogP contribution in [-0.2, 0) is 4.79 Å². The molecule has 2 heterocycles. The second-order valence-electron chi connectivity index (χ2n) is 9.21. The summed E-state index contributed by atoms with van der Waals surface area (Å²) in [5.41, 5.74) is -0.785. The Bertz CT molecular complexity index is 1310. The molecule has 0 aliphatic carbocycles. The molecular weight excluding hydrogens is 543 g/mol. The van der Waals surface area contributed by atoms with Crippen molar-refractivity contribution in [3.05, 3.63) is 69.6 Å². The van der Waals surface area contributed by atoms with Crippen LogP contribution in [0, 0.1) is 0 Å². The van der Waals surface area contributed by atoms with Crippen LogP contribution >= 0.6 is 22.9 Å². The van der Waals surface area contributed by atoms with Gasteiger partial charge in [0.25, 0.3) is 11.8 Å². The summed E-state index contributed by atoms with van der Waals surface area (Å²) in [7, 11) is 0. The van der Waals surface area contributed by atoms with Gasteiger partial charge in [0.05, 0.1) is 10.0 Å². The minimum Gasteiger partial charge on any atom is -0.476 e. The zero-order chi connectivity index (χ0) is 27.5. The number of hydrogen-bond acceptors (Lipinski definition) is 6. The number of carbonyl (C=O) groups excluding carboxylic acids is 2. The number of aromatic nitrogens is 1. The van der Waals surface area contributed by atoms with E-state index in [2.05, 4.69) is 15.0 Å². The highest BCUT2D eigenvalue weighted by Crippen LogP contribution is 2.33. The summed E-state index contributed by atoms with van der Waals surface area (Å²) >= 11 is 7.51. The van der Waals surface area contributed by atoms with Gasteiger partial charge in [-0.15, -0.1) is 24.5 Å². The normalized spacial score (nSPS) is 14.7. The van der Waals surface area contributed by atoms with Gasteiger partial charge >= 0.3 is 6.36 Å². The fourth-order valence-corrected chi connectivity index (χ4v) is 5.25. The summed E-state index contributed by atoms with van der Waals surface area (Å²) < 4.78 is 47.2. The van der Waals surface area contributed by atoms with E-state index in [0.29, 0.717) is 36.7 Å². The Morgan fingerprint density at radius 3 is 2.47 bits per heavy atom. The first-order chi connectivity index (χ1) is 17.9. The van der Waals surface area contributed by atoms with Gasteiger partial charge in [-0.2, -0.15) is 0 Å². The Morgan fingerprint density at radius 1 is 1.08 bits per heavy atom. The molecule has 0 saturated carbocycles. The van der Waals surface area contributed by atoms with Gasteiger partial charge in [0.1, 0.15) is 17.2 Å². The zero-order valence-corrected chi connectivity index (χ0v) is 22.1. The quantitative estimate of drug-likeness (QED) is 0.352. The number of nitrogens with zero attached hydrogens (tertiary/aromatic N) is 2. The van der Waals surface area contributed by atoms with Gasteiger partial charge in [0.15, 0.2) is 5.60 Å². The molecule has 1 aliphatic rings. The number of ether oxygens (including phenoxy) is 2. The molecule has 12 heteroatoms. The number of benzene rings is 2. The molecule has 4 rings (SSSR count). The summed E-state index contributed by atoms with van der Waals surface area (Å²) in [5.74, 6) is -0.608. The van der Waals surface area contributed by atoms with Crippen LogP contribution in [0.2, 0.25) is 5.02 Å². The molecule has 0 unspecified atom stereocenters. The highest BCUT2D eigenvalue weighted by atomic mass is 35.5. The Hall–Kier alpha value is -3.31. The van der Waals surface area contributed by atoms with Gasteiger partial charge in [-0.3, -0.25) is 9.59 Å². The van der Waals surface area contributed by atoms with E-state index in [-0.39, 0.29) is 23.2 Å². The van der Waals surface area contributed by atoms with Crippen LogP contribution < -0.4 is 14.8 Å². The largest absolute Gasteiger partial charge is 0.573 e. The van der Waals surface area contributed by atoms with Crippen molar-refractivity contribution in [3.8, 4) is 11.5 Å². The van der Waals surface area contributed by atoms with Gasteiger partial charge in [-0.25, -0.2) is 4.98 Å². The maximum Gasteiger partial charge on any atom is 0.573 e.